The summed E-state index contributed by atoms with van der Waals surface area (Å²) in [5.41, 5.74) is 3.19. The van der Waals surface area contributed by atoms with Crippen LogP contribution in [0.5, 0.6) is 0 Å². The highest BCUT2D eigenvalue weighted by Crippen LogP contribution is 2.40. The summed E-state index contributed by atoms with van der Waals surface area (Å²) >= 11 is 0. The molecule has 1 aliphatic heterocycles. The third-order valence-electron chi connectivity index (χ3n) is 5.06. The number of aryl methyl sites for hydroxylation is 2. The molecule has 1 fully saturated rings. The summed E-state index contributed by atoms with van der Waals surface area (Å²) in [6.45, 7) is 7.90. The number of nitrogens with one attached hydrogen (secondary N) is 2. The van der Waals surface area contributed by atoms with Crippen LogP contribution in [0.1, 0.15) is 37.8 Å². The molecule has 0 spiro atoms. The average Bonchev–Trinajstić information content (AvgIpc) is 2.48. The second-order valence-electron chi connectivity index (χ2n) is 7.86. The molecule has 1 aliphatic carbocycles. The lowest BCUT2D eigenvalue weighted by molar-refractivity contribution is -0.136. The Morgan fingerprint density at radius 1 is 1.20 bits per heavy atom. The predicted octanol–water partition coefficient (Wildman–Crippen LogP) is 2.88. The van der Waals surface area contributed by atoms with Crippen molar-refractivity contribution in [3.63, 3.8) is 0 Å². The number of fused-ring (bicyclic) bond motifs is 1. The van der Waals surface area contributed by atoms with E-state index in [4.69, 9.17) is 0 Å². The maximum absolute atomic E-state index is 12.8. The minimum absolute atomic E-state index is 0.0164. The summed E-state index contributed by atoms with van der Waals surface area (Å²) in [7, 11) is 0. The maximum atomic E-state index is 12.8. The number of carbonyl (C=O) groups is 3. The molecule has 5 nitrogen and oxygen atoms in total. The van der Waals surface area contributed by atoms with Crippen LogP contribution >= 0.6 is 0 Å². The lowest BCUT2D eigenvalue weighted by atomic mass is 9.69. The second kappa shape index (κ2) is 6.14. The Kier molecular flexibility index (Phi) is 4.27. The molecule has 132 valence electrons. The van der Waals surface area contributed by atoms with Crippen LogP contribution < -0.4 is 10.6 Å². The average molecular weight is 340 g/mol. The molecule has 5 heteroatoms. The molecule has 1 aromatic rings. The van der Waals surface area contributed by atoms with Crippen LogP contribution in [0.3, 0.4) is 0 Å². The maximum Gasteiger partial charge on any atom is 0.229 e. The van der Waals surface area contributed by atoms with Gasteiger partial charge in [0.1, 0.15) is 5.78 Å². The third-order valence-corrected chi connectivity index (χ3v) is 5.06. The SMILES string of the molecule is Cc1ccc(NC(=O)[C@H]2CC(=O)NC3=CC(C)(C)CC(=O)[C@H]32)cc1C. The van der Waals surface area contributed by atoms with E-state index in [0.717, 1.165) is 11.1 Å². The number of rotatable bonds is 2. The Morgan fingerprint density at radius 3 is 2.60 bits per heavy atom. The van der Waals surface area contributed by atoms with E-state index in [1.165, 1.54) is 0 Å². The fraction of sp³-hybridized carbons (Fsp3) is 0.450. The fourth-order valence-electron chi connectivity index (χ4n) is 3.68. The highest BCUT2D eigenvalue weighted by molar-refractivity contribution is 6.02. The summed E-state index contributed by atoms with van der Waals surface area (Å²) in [6, 6.07) is 5.68. The minimum Gasteiger partial charge on any atom is -0.329 e. The van der Waals surface area contributed by atoms with E-state index in [9.17, 15) is 14.4 Å². The molecule has 1 saturated heterocycles. The lowest BCUT2D eigenvalue weighted by Crippen LogP contribution is -2.49. The van der Waals surface area contributed by atoms with Gasteiger partial charge in [-0.1, -0.05) is 26.0 Å². The van der Waals surface area contributed by atoms with E-state index in [2.05, 4.69) is 10.6 Å². The topological polar surface area (TPSA) is 75.3 Å². The third kappa shape index (κ3) is 3.50. The molecule has 2 aliphatic rings. The van der Waals surface area contributed by atoms with Crippen molar-refractivity contribution >= 4 is 23.3 Å². The summed E-state index contributed by atoms with van der Waals surface area (Å²) in [6.07, 6.45) is 2.34. The number of carbonyl (C=O) groups excluding carboxylic acids is 3. The summed E-state index contributed by atoms with van der Waals surface area (Å²) in [5.74, 6) is -1.69. The van der Waals surface area contributed by atoms with Crippen LogP contribution in [-0.4, -0.2) is 17.6 Å². The summed E-state index contributed by atoms with van der Waals surface area (Å²) in [4.78, 5) is 37.5. The molecule has 25 heavy (non-hydrogen) atoms. The van der Waals surface area contributed by atoms with Crippen molar-refractivity contribution < 1.29 is 14.4 Å². The molecule has 1 aromatic carbocycles. The number of ketones is 1. The van der Waals surface area contributed by atoms with E-state index >= 15 is 0 Å². The van der Waals surface area contributed by atoms with Crippen LogP contribution in [0.2, 0.25) is 0 Å². The lowest BCUT2D eigenvalue weighted by Gasteiger charge is -2.38. The summed E-state index contributed by atoms with van der Waals surface area (Å²) < 4.78 is 0. The highest BCUT2D eigenvalue weighted by atomic mass is 16.2. The van der Waals surface area contributed by atoms with Gasteiger partial charge in [-0.25, -0.2) is 0 Å². The molecule has 0 unspecified atom stereocenters. The molecular formula is C20H24N2O3. The first-order valence-corrected chi connectivity index (χ1v) is 8.60. The second-order valence-corrected chi connectivity index (χ2v) is 7.86. The van der Waals surface area contributed by atoms with Gasteiger partial charge in [0, 0.05) is 24.2 Å². The van der Waals surface area contributed by atoms with E-state index < -0.39 is 11.8 Å². The predicted molar refractivity (Wildman–Crippen MR) is 95.8 cm³/mol. The minimum atomic E-state index is -0.662. The first kappa shape index (κ1) is 17.4. The van der Waals surface area contributed by atoms with Gasteiger partial charge in [-0.2, -0.15) is 0 Å². The Hall–Kier alpha value is -2.43. The highest BCUT2D eigenvalue weighted by Gasteiger charge is 2.45. The van der Waals surface area contributed by atoms with Gasteiger partial charge in [0.2, 0.25) is 11.8 Å². The number of allylic oxidation sites excluding steroid dienone is 2. The molecule has 0 radical (unpaired) electrons. The van der Waals surface area contributed by atoms with Crippen molar-refractivity contribution in [2.45, 2.75) is 40.5 Å². The number of anilines is 1. The van der Waals surface area contributed by atoms with Crippen molar-refractivity contribution in [2.75, 3.05) is 5.32 Å². The van der Waals surface area contributed by atoms with E-state index in [-0.39, 0.29) is 29.4 Å². The number of amides is 2. The molecule has 2 atom stereocenters. The molecule has 1 heterocycles. The monoisotopic (exact) mass is 340 g/mol. The first-order chi connectivity index (χ1) is 11.7. The van der Waals surface area contributed by atoms with Crippen molar-refractivity contribution in [2.24, 2.45) is 17.3 Å². The zero-order valence-corrected chi connectivity index (χ0v) is 15.1. The van der Waals surface area contributed by atoms with Gasteiger partial charge in [-0.05, 0) is 42.5 Å². The van der Waals surface area contributed by atoms with Crippen LogP contribution in [-0.2, 0) is 14.4 Å². The van der Waals surface area contributed by atoms with Crippen LogP contribution in [0.15, 0.2) is 30.0 Å². The largest absolute Gasteiger partial charge is 0.329 e. The van der Waals surface area contributed by atoms with Gasteiger partial charge in [-0.3, -0.25) is 14.4 Å². The quantitative estimate of drug-likeness (QED) is 0.869. The first-order valence-electron chi connectivity index (χ1n) is 8.60. The van der Waals surface area contributed by atoms with Gasteiger partial charge in [-0.15, -0.1) is 0 Å². The van der Waals surface area contributed by atoms with E-state index in [1.54, 1.807) is 0 Å². The van der Waals surface area contributed by atoms with E-state index in [1.807, 2.05) is 52.0 Å². The number of benzene rings is 1. The van der Waals surface area contributed by atoms with Gasteiger partial charge < -0.3 is 10.6 Å². The molecule has 0 aromatic heterocycles. The molecular weight excluding hydrogens is 316 g/mol. The van der Waals surface area contributed by atoms with Crippen molar-refractivity contribution in [3.05, 3.63) is 41.1 Å². The Bertz CT molecular complexity index is 792. The van der Waals surface area contributed by atoms with Gasteiger partial charge in [0.15, 0.2) is 0 Å². The smallest absolute Gasteiger partial charge is 0.229 e. The van der Waals surface area contributed by atoms with Crippen molar-refractivity contribution in [1.29, 1.82) is 0 Å². The number of hydrogen-bond donors (Lipinski definition) is 2. The molecule has 3 rings (SSSR count). The zero-order chi connectivity index (χ0) is 18.4. The normalized spacial score (nSPS) is 24.9. The van der Waals surface area contributed by atoms with Gasteiger partial charge >= 0.3 is 0 Å². The fourth-order valence-corrected chi connectivity index (χ4v) is 3.68. The van der Waals surface area contributed by atoms with Crippen LogP contribution in [0.25, 0.3) is 0 Å². The summed E-state index contributed by atoms with van der Waals surface area (Å²) in [5, 5.41) is 5.67. The number of hydrogen-bond acceptors (Lipinski definition) is 3. The van der Waals surface area contributed by atoms with Crippen molar-refractivity contribution in [1.82, 2.24) is 5.32 Å². The molecule has 2 N–H and O–H groups in total. The Labute approximate surface area is 147 Å². The Balaban J connectivity index is 1.87. The van der Waals surface area contributed by atoms with E-state index in [0.29, 0.717) is 17.8 Å². The van der Waals surface area contributed by atoms with Crippen LogP contribution in [0.4, 0.5) is 5.69 Å². The molecule has 0 saturated carbocycles. The Morgan fingerprint density at radius 2 is 1.92 bits per heavy atom. The molecule has 0 bridgehead atoms. The van der Waals surface area contributed by atoms with Crippen LogP contribution in [0, 0.1) is 31.1 Å². The zero-order valence-electron chi connectivity index (χ0n) is 15.1. The van der Waals surface area contributed by atoms with Gasteiger partial charge in [0.05, 0.1) is 11.8 Å². The number of piperidine rings is 1. The molecule has 2 amide bonds. The standard InChI is InChI=1S/C20H24N2O3/c1-11-5-6-13(7-12(11)2)21-19(25)14-8-17(24)22-15-9-20(3,4)10-16(23)18(14)15/h5-7,9,14,18H,8,10H2,1-4H3,(H,21,25)(H,22,24)/t14-,18-/m0/s1. The number of Topliss-reactive ketones (excluding diaryl/α,β-unsaturated/α-hetero) is 1. The van der Waals surface area contributed by atoms with Gasteiger partial charge in [0.25, 0.3) is 0 Å². The van der Waals surface area contributed by atoms with Crippen molar-refractivity contribution in [3.8, 4) is 0 Å².